The van der Waals surface area contributed by atoms with Gasteiger partial charge in [0, 0.05) is 11.1 Å². The van der Waals surface area contributed by atoms with Crippen LogP contribution in [0.15, 0.2) is 133 Å². The van der Waals surface area contributed by atoms with Gasteiger partial charge >= 0.3 is 11.9 Å². The highest BCUT2D eigenvalue weighted by atomic mass is 16.5. The number of fused-ring (bicyclic) bond motifs is 4. The van der Waals surface area contributed by atoms with Crippen LogP contribution < -0.4 is 0 Å². The van der Waals surface area contributed by atoms with Gasteiger partial charge in [-0.2, -0.15) is 0 Å². The van der Waals surface area contributed by atoms with Gasteiger partial charge in [0.2, 0.25) is 0 Å². The first-order valence-electron chi connectivity index (χ1n) is 16.0. The average molecular weight is 619 g/mol. The smallest absolute Gasteiger partial charge is 0.333 e. The number of unbranched alkanes of at least 4 members (excludes halogenated alkanes) is 1. The van der Waals surface area contributed by atoms with Gasteiger partial charge in [0.1, 0.15) is 6.61 Å². The van der Waals surface area contributed by atoms with Crippen molar-refractivity contribution in [3.05, 3.63) is 145 Å². The molecule has 0 fully saturated rings. The minimum atomic E-state index is -0.393. The highest BCUT2D eigenvalue weighted by Gasteiger charge is 2.19. The Morgan fingerprint density at radius 2 is 1.17 bits per heavy atom. The zero-order valence-corrected chi connectivity index (χ0v) is 27.0. The molecule has 6 rings (SSSR count). The number of hydrogen-bond acceptors (Lipinski definition) is 4. The molecule has 0 saturated heterocycles. The predicted molar refractivity (Wildman–Crippen MR) is 193 cm³/mol. The summed E-state index contributed by atoms with van der Waals surface area (Å²) in [6.45, 7) is 11.3. The van der Waals surface area contributed by atoms with Crippen LogP contribution in [0.2, 0.25) is 0 Å². The van der Waals surface area contributed by atoms with Crippen molar-refractivity contribution >= 4 is 44.3 Å². The number of ether oxygens (including phenoxy) is 2. The molecular weight excluding hydrogens is 580 g/mol. The number of aryl methyl sites for hydroxylation is 1. The molecule has 0 aliphatic rings. The van der Waals surface area contributed by atoms with E-state index >= 15 is 0 Å². The van der Waals surface area contributed by atoms with Crippen molar-refractivity contribution in [3.63, 3.8) is 0 Å². The number of esters is 2. The Bertz CT molecular complexity index is 2170. The summed E-state index contributed by atoms with van der Waals surface area (Å²) in [7, 11) is 0. The summed E-state index contributed by atoms with van der Waals surface area (Å²) >= 11 is 0. The molecule has 0 N–H and O–H groups in total. The second-order valence-corrected chi connectivity index (χ2v) is 12.1. The van der Waals surface area contributed by atoms with E-state index in [2.05, 4.69) is 110 Å². The van der Waals surface area contributed by atoms with E-state index in [1.54, 1.807) is 13.8 Å². The second kappa shape index (κ2) is 13.9. The summed E-state index contributed by atoms with van der Waals surface area (Å²) in [5.41, 5.74) is 7.56. The van der Waals surface area contributed by atoms with Crippen LogP contribution in [0.25, 0.3) is 54.6 Å². The lowest BCUT2D eigenvalue weighted by Gasteiger charge is -2.20. The number of carbonyl (C=O) groups is 2. The van der Waals surface area contributed by atoms with Gasteiger partial charge < -0.3 is 9.47 Å². The lowest BCUT2D eigenvalue weighted by molar-refractivity contribution is -0.140. The molecule has 6 aromatic carbocycles. The lowest BCUT2D eigenvalue weighted by Crippen LogP contribution is -2.06. The van der Waals surface area contributed by atoms with Gasteiger partial charge in [-0.05, 0) is 105 Å². The van der Waals surface area contributed by atoms with Gasteiger partial charge in [0.25, 0.3) is 0 Å². The molecular formula is C43H38O4. The maximum atomic E-state index is 12.2. The van der Waals surface area contributed by atoms with Crippen LogP contribution in [0.1, 0.15) is 37.8 Å². The van der Waals surface area contributed by atoms with Crippen LogP contribution >= 0.6 is 0 Å². The van der Waals surface area contributed by atoms with E-state index in [1.165, 1.54) is 43.6 Å². The Morgan fingerprint density at radius 3 is 1.89 bits per heavy atom. The lowest BCUT2D eigenvalue weighted by atomic mass is 9.83. The standard InChI is InChI=1S/C43H38O4/c1-28(2)42(44)46-24-10-9-13-30-14-11-17-33(25-30)39-36-20-7-8-21-37(36)40(41-35-19-6-5-16-32(35)22-23-38(39)41)34-18-12-15-31(26-34)27-47-43(45)29(3)4/h5-8,11-12,14-23,25-26H,1,3,9-10,13,24,27H2,2,4H3. The second-order valence-electron chi connectivity index (χ2n) is 12.1. The van der Waals surface area contributed by atoms with E-state index in [0.29, 0.717) is 17.8 Å². The minimum Gasteiger partial charge on any atom is -0.462 e. The molecule has 0 aromatic heterocycles. The quantitative estimate of drug-likeness (QED) is 0.0477. The maximum absolute atomic E-state index is 12.2. The molecule has 6 aromatic rings. The molecule has 47 heavy (non-hydrogen) atoms. The first-order chi connectivity index (χ1) is 22.8. The van der Waals surface area contributed by atoms with Crippen LogP contribution in [0.3, 0.4) is 0 Å². The fraction of sp³-hybridized carbons (Fsp3) is 0.163. The molecule has 4 heteroatoms. The third-order valence-corrected chi connectivity index (χ3v) is 8.51. The Hall–Kier alpha value is -5.48. The molecule has 0 atom stereocenters. The van der Waals surface area contributed by atoms with Gasteiger partial charge in [-0.1, -0.05) is 116 Å². The molecule has 4 nitrogen and oxygen atoms in total. The summed E-state index contributed by atoms with van der Waals surface area (Å²) in [5, 5.41) is 7.07. The summed E-state index contributed by atoms with van der Waals surface area (Å²) in [4.78, 5) is 23.9. The highest BCUT2D eigenvalue weighted by Crippen LogP contribution is 2.46. The van der Waals surface area contributed by atoms with Gasteiger partial charge in [0.15, 0.2) is 0 Å². The van der Waals surface area contributed by atoms with Crippen molar-refractivity contribution in [2.45, 2.75) is 39.7 Å². The molecule has 0 heterocycles. The Morgan fingerprint density at radius 1 is 0.574 bits per heavy atom. The minimum absolute atomic E-state index is 0.178. The number of benzene rings is 6. The summed E-state index contributed by atoms with van der Waals surface area (Å²) < 4.78 is 10.8. The van der Waals surface area contributed by atoms with E-state index in [0.717, 1.165) is 41.3 Å². The Kier molecular flexibility index (Phi) is 9.30. The molecule has 0 amide bonds. The summed E-state index contributed by atoms with van der Waals surface area (Å²) in [6.07, 6.45) is 2.59. The van der Waals surface area contributed by atoms with Crippen LogP contribution in [0.5, 0.6) is 0 Å². The topological polar surface area (TPSA) is 52.6 Å². The van der Waals surface area contributed by atoms with Crippen molar-refractivity contribution in [2.24, 2.45) is 0 Å². The molecule has 0 unspecified atom stereocenters. The van der Waals surface area contributed by atoms with Crippen LogP contribution in [-0.4, -0.2) is 18.5 Å². The van der Waals surface area contributed by atoms with Crippen molar-refractivity contribution in [1.82, 2.24) is 0 Å². The Labute approximate surface area is 276 Å². The number of rotatable bonds is 11. The van der Waals surface area contributed by atoms with Crippen LogP contribution in [0, 0.1) is 0 Å². The molecule has 234 valence electrons. The molecule has 0 aliphatic carbocycles. The van der Waals surface area contributed by atoms with Crippen molar-refractivity contribution in [1.29, 1.82) is 0 Å². The third-order valence-electron chi connectivity index (χ3n) is 8.51. The first-order valence-corrected chi connectivity index (χ1v) is 16.0. The third kappa shape index (κ3) is 6.73. The normalized spacial score (nSPS) is 11.1. The van der Waals surface area contributed by atoms with E-state index < -0.39 is 5.97 Å². The molecule has 0 aliphatic heterocycles. The van der Waals surface area contributed by atoms with Crippen molar-refractivity contribution < 1.29 is 19.1 Å². The first kappa shape index (κ1) is 31.5. The zero-order chi connectivity index (χ0) is 32.9. The van der Waals surface area contributed by atoms with Gasteiger partial charge in [-0.3, -0.25) is 0 Å². The van der Waals surface area contributed by atoms with Crippen LogP contribution in [-0.2, 0) is 32.1 Å². The molecule has 0 saturated carbocycles. The van der Waals surface area contributed by atoms with Gasteiger partial charge in [-0.25, -0.2) is 9.59 Å². The molecule has 0 spiro atoms. The van der Waals surface area contributed by atoms with Crippen LogP contribution in [0.4, 0.5) is 0 Å². The van der Waals surface area contributed by atoms with E-state index in [1.807, 2.05) is 12.1 Å². The van der Waals surface area contributed by atoms with Crippen molar-refractivity contribution in [3.8, 4) is 22.3 Å². The maximum Gasteiger partial charge on any atom is 0.333 e. The van der Waals surface area contributed by atoms with Crippen molar-refractivity contribution in [2.75, 3.05) is 6.61 Å². The van der Waals surface area contributed by atoms with Gasteiger partial charge in [-0.15, -0.1) is 0 Å². The summed E-state index contributed by atoms with van der Waals surface area (Å²) in [6, 6.07) is 38.7. The van der Waals surface area contributed by atoms with E-state index in [9.17, 15) is 9.59 Å². The highest BCUT2D eigenvalue weighted by molar-refractivity contribution is 6.27. The molecule has 0 radical (unpaired) electrons. The fourth-order valence-electron chi connectivity index (χ4n) is 6.25. The largest absolute Gasteiger partial charge is 0.462 e. The van der Waals surface area contributed by atoms with E-state index in [4.69, 9.17) is 9.47 Å². The van der Waals surface area contributed by atoms with E-state index in [-0.39, 0.29) is 12.6 Å². The fourth-order valence-corrected chi connectivity index (χ4v) is 6.25. The van der Waals surface area contributed by atoms with Gasteiger partial charge in [0.05, 0.1) is 6.61 Å². The monoisotopic (exact) mass is 618 g/mol. The number of hydrogen-bond donors (Lipinski definition) is 0. The SMILES string of the molecule is C=C(C)C(=O)OCCCCc1cccc(-c2c3ccccc3c(-c3cccc(COC(=O)C(=C)C)c3)c3c2ccc2ccccc23)c1. The molecule has 0 bridgehead atoms. The number of carbonyl (C=O) groups excluding carboxylic acids is 2. The average Bonchev–Trinajstić information content (AvgIpc) is 3.09. The Balaban J connectivity index is 1.47. The zero-order valence-electron chi connectivity index (χ0n) is 27.0. The predicted octanol–water partition coefficient (Wildman–Crippen LogP) is 10.5. The summed E-state index contributed by atoms with van der Waals surface area (Å²) in [5.74, 6) is -0.727.